The van der Waals surface area contributed by atoms with Crippen LogP contribution in [-0.2, 0) is 13.0 Å². The van der Waals surface area contributed by atoms with Crippen LogP contribution in [0.3, 0.4) is 0 Å². The topological polar surface area (TPSA) is 21.3 Å². The highest BCUT2D eigenvalue weighted by Crippen LogP contribution is 2.37. The molecule has 0 saturated heterocycles. The van der Waals surface area contributed by atoms with Gasteiger partial charge in [0, 0.05) is 11.6 Å². The summed E-state index contributed by atoms with van der Waals surface area (Å²) in [6.45, 7) is 0.145. The normalized spacial score (nSPS) is 16.8. The Morgan fingerprint density at radius 3 is 2.86 bits per heavy atom. The first-order chi connectivity index (χ1) is 10.2. The van der Waals surface area contributed by atoms with Crippen molar-refractivity contribution in [3.8, 4) is 5.75 Å². The third kappa shape index (κ3) is 2.76. The van der Waals surface area contributed by atoms with E-state index in [-0.39, 0.29) is 12.4 Å². The summed E-state index contributed by atoms with van der Waals surface area (Å²) in [6, 6.07) is 11.1. The average molecular weight is 306 g/mol. The summed E-state index contributed by atoms with van der Waals surface area (Å²) in [4.78, 5) is 0. The monoisotopic (exact) mass is 305 g/mol. The lowest BCUT2D eigenvalue weighted by atomic mass is 10.1. The van der Waals surface area contributed by atoms with Crippen molar-refractivity contribution in [2.75, 3.05) is 7.05 Å². The first-order valence-electron chi connectivity index (χ1n) is 7.05. The number of rotatable bonds is 4. The van der Waals surface area contributed by atoms with Crippen molar-refractivity contribution in [3.05, 3.63) is 63.9 Å². The predicted octanol–water partition coefficient (Wildman–Crippen LogP) is 4.26. The molecule has 0 heterocycles. The summed E-state index contributed by atoms with van der Waals surface area (Å²) >= 11 is 6.03. The fourth-order valence-corrected chi connectivity index (χ4v) is 3.09. The summed E-state index contributed by atoms with van der Waals surface area (Å²) in [5.74, 6) is 0.493. The van der Waals surface area contributed by atoms with Crippen LogP contribution in [0.4, 0.5) is 4.39 Å². The van der Waals surface area contributed by atoms with E-state index in [1.807, 2.05) is 19.2 Å². The molecule has 0 aromatic heterocycles. The third-order valence-corrected chi connectivity index (χ3v) is 4.36. The van der Waals surface area contributed by atoms with Gasteiger partial charge in [0.25, 0.3) is 0 Å². The first kappa shape index (κ1) is 14.4. The Morgan fingerprint density at radius 2 is 2.10 bits per heavy atom. The van der Waals surface area contributed by atoms with Gasteiger partial charge in [-0.05, 0) is 49.2 Å². The number of ether oxygens (including phenoxy) is 1. The van der Waals surface area contributed by atoms with Crippen LogP contribution < -0.4 is 10.1 Å². The van der Waals surface area contributed by atoms with E-state index < -0.39 is 0 Å². The molecule has 1 atom stereocenters. The zero-order valence-electron chi connectivity index (χ0n) is 11.8. The van der Waals surface area contributed by atoms with Gasteiger partial charge in [0.1, 0.15) is 18.2 Å². The number of nitrogens with one attached hydrogen (secondary N) is 1. The van der Waals surface area contributed by atoms with Gasteiger partial charge in [-0.15, -0.1) is 0 Å². The Morgan fingerprint density at radius 1 is 1.29 bits per heavy atom. The van der Waals surface area contributed by atoms with Crippen molar-refractivity contribution in [1.29, 1.82) is 0 Å². The van der Waals surface area contributed by atoms with Crippen LogP contribution in [0.2, 0.25) is 5.02 Å². The Hall–Kier alpha value is -1.58. The molecule has 0 saturated carbocycles. The van der Waals surface area contributed by atoms with Gasteiger partial charge in [-0.25, -0.2) is 4.39 Å². The van der Waals surface area contributed by atoms with Gasteiger partial charge in [0.15, 0.2) is 0 Å². The van der Waals surface area contributed by atoms with E-state index in [4.69, 9.17) is 16.3 Å². The highest BCUT2D eigenvalue weighted by molar-refractivity contribution is 6.31. The van der Waals surface area contributed by atoms with E-state index in [0.717, 1.165) is 18.6 Å². The van der Waals surface area contributed by atoms with E-state index in [9.17, 15) is 4.39 Å². The molecule has 0 amide bonds. The maximum absolute atomic E-state index is 13.8. The molecule has 0 fully saturated rings. The standard InChI is InChI=1S/C17H17ClFNO/c1-20-16-9-8-12-11(16)4-2-7-17(12)21-10-13-14(18)5-3-6-15(13)19/h2-7,16,20H,8-10H2,1H3. The van der Waals surface area contributed by atoms with E-state index in [0.29, 0.717) is 16.6 Å². The Kier molecular flexibility index (Phi) is 4.13. The number of hydrogen-bond donors (Lipinski definition) is 1. The third-order valence-electron chi connectivity index (χ3n) is 4.01. The van der Waals surface area contributed by atoms with Crippen LogP contribution in [0.15, 0.2) is 36.4 Å². The predicted molar refractivity (Wildman–Crippen MR) is 82.3 cm³/mol. The van der Waals surface area contributed by atoms with Gasteiger partial charge in [0.05, 0.1) is 5.02 Å². The van der Waals surface area contributed by atoms with Crippen LogP contribution in [0, 0.1) is 5.82 Å². The molecule has 2 nitrogen and oxygen atoms in total. The average Bonchev–Trinajstić information content (AvgIpc) is 2.90. The maximum Gasteiger partial charge on any atom is 0.131 e. The van der Waals surface area contributed by atoms with Gasteiger partial charge in [-0.1, -0.05) is 29.8 Å². The van der Waals surface area contributed by atoms with E-state index in [1.54, 1.807) is 12.1 Å². The largest absolute Gasteiger partial charge is 0.488 e. The van der Waals surface area contributed by atoms with Gasteiger partial charge in [0.2, 0.25) is 0 Å². The van der Waals surface area contributed by atoms with Crippen LogP contribution in [0.25, 0.3) is 0 Å². The first-order valence-corrected chi connectivity index (χ1v) is 7.43. The van der Waals surface area contributed by atoms with Crippen molar-refractivity contribution < 1.29 is 9.13 Å². The zero-order chi connectivity index (χ0) is 14.8. The quantitative estimate of drug-likeness (QED) is 0.911. The second kappa shape index (κ2) is 6.04. The minimum absolute atomic E-state index is 0.145. The molecule has 1 N–H and O–H groups in total. The van der Waals surface area contributed by atoms with Crippen molar-refractivity contribution in [2.45, 2.75) is 25.5 Å². The Balaban J connectivity index is 1.82. The lowest BCUT2D eigenvalue weighted by Crippen LogP contribution is -2.12. The summed E-state index contributed by atoms with van der Waals surface area (Å²) in [6.07, 6.45) is 2.04. The molecule has 4 heteroatoms. The Bertz CT molecular complexity index is 639. The number of benzene rings is 2. The molecule has 1 unspecified atom stereocenters. The fraction of sp³-hybridized carbons (Fsp3) is 0.294. The van der Waals surface area contributed by atoms with Gasteiger partial charge < -0.3 is 10.1 Å². The van der Waals surface area contributed by atoms with E-state index >= 15 is 0 Å². The number of fused-ring (bicyclic) bond motifs is 1. The minimum atomic E-state index is -0.330. The lowest BCUT2D eigenvalue weighted by molar-refractivity contribution is 0.297. The second-order valence-corrected chi connectivity index (χ2v) is 5.60. The minimum Gasteiger partial charge on any atom is -0.488 e. The van der Waals surface area contributed by atoms with Crippen LogP contribution in [-0.4, -0.2) is 7.05 Å². The van der Waals surface area contributed by atoms with Crippen molar-refractivity contribution in [1.82, 2.24) is 5.32 Å². The van der Waals surface area contributed by atoms with E-state index in [1.165, 1.54) is 17.2 Å². The van der Waals surface area contributed by atoms with Crippen molar-refractivity contribution in [3.63, 3.8) is 0 Å². The smallest absolute Gasteiger partial charge is 0.131 e. The molecule has 2 aromatic rings. The van der Waals surface area contributed by atoms with Crippen molar-refractivity contribution in [2.24, 2.45) is 0 Å². The van der Waals surface area contributed by atoms with Crippen molar-refractivity contribution >= 4 is 11.6 Å². The molecule has 1 aliphatic carbocycles. The molecule has 3 rings (SSSR count). The summed E-state index contributed by atoms with van der Waals surface area (Å²) in [5, 5.41) is 3.70. The number of hydrogen-bond acceptors (Lipinski definition) is 2. The molecule has 21 heavy (non-hydrogen) atoms. The van der Waals surface area contributed by atoms with Gasteiger partial charge in [-0.2, -0.15) is 0 Å². The SMILES string of the molecule is CNC1CCc2c(OCc3c(F)cccc3Cl)cccc21. The number of halogens is 2. The van der Waals surface area contributed by atoms with Gasteiger partial charge >= 0.3 is 0 Å². The molecular weight excluding hydrogens is 289 g/mol. The molecule has 110 valence electrons. The van der Waals surface area contributed by atoms with Crippen LogP contribution >= 0.6 is 11.6 Å². The molecule has 1 aliphatic rings. The fourth-order valence-electron chi connectivity index (χ4n) is 2.88. The van der Waals surface area contributed by atoms with E-state index in [2.05, 4.69) is 11.4 Å². The highest BCUT2D eigenvalue weighted by atomic mass is 35.5. The molecule has 0 radical (unpaired) electrons. The molecule has 0 bridgehead atoms. The lowest BCUT2D eigenvalue weighted by Gasteiger charge is -2.14. The van der Waals surface area contributed by atoms with Crippen LogP contribution in [0.1, 0.15) is 29.2 Å². The second-order valence-electron chi connectivity index (χ2n) is 5.19. The zero-order valence-corrected chi connectivity index (χ0v) is 12.6. The maximum atomic E-state index is 13.8. The highest BCUT2D eigenvalue weighted by Gasteiger charge is 2.24. The molecule has 2 aromatic carbocycles. The van der Waals surface area contributed by atoms with Crippen LogP contribution in [0.5, 0.6) is 5.75 Å². The Labute approximate surface area is 128 Å². The summed E-state index contributed by atoms with van der Waals surface area (Å²) in [7, 11) is 1.96. The van der Waals surface area contributed by atoms with Gasteiger partial charge in [-0.3, -0.25) is 0 Å². The molecule has 0 aliphatic heterocycles. The summed E-state index contributed by atoms with van der Waals surface area (Å²) in [5.41, 5.74) is 2.89. The molecular formula is C17H17ClFNO. The summed E-state index contributed by atoms with van der Waals surface area (Å²) < 4.78 is 19.6. The molecule has 0 spiro atoms.